The lowest BCUT2D eigenvalue weighted by Crippen LogP contribution is -2.24. The van der Waals surface area contributed by atoms with Crippen molar-refractivity contribution in [2.45, 2.75) is 39.8 Å². The van der Waals surface area contributed by atoms with Crippen molar-refractivity contribution >= 4 is 0 Å². The quantitative estimate of drug-likeness (QED) is 0.885. The van der Waals surface area contributed by atoms with Crippen molar-refractivity contribution in [2.24, 2.45) is 0 Å². The molecule has 4 heteroatoms. The van der Waals surface area contributed by atoms with Crippen LogP contribution in [0.15, 0.2) is 36.8 Å². The summed E-state index contributed by atoms with van der Waals surface area (Å²) in [6, 6.07) is 6.10. The number of aryl methyl sites for hydroxylation is 1. The van der Waals surface area contributed by atoms with E-state index in [0.29, 0.717) is 0 Å². The normalized spacial score (nSPS) is 12.4. The van der Waals surface area contributed by atoms with Crippen molar-refractivity contribution in [3.05, 3.63) is 53.6 Å². The van der Waals surface area contributed by atoms with Crippen molar-refractivity contribution in [3.8, 4) is 5.75 Å². The molecule has 21 heavy (non-hydrogen) atoms. The third-order valence-electron chi connectivity index (χ3n) is 3.17. The SMILES string of the molecule is CCNC(c1cncc(OC(C)C)c1)c1ncccc1C. The van der Waals surface area contributed by atoms with Gasteiger partial charge in [0, 0.05) is 12.4 Å². The van der Waals surface area contributed by atoms with Crippen LogP contribution >= 0.6 is 0 Å². The monoisotopic (exact) mass is 285 g/mol. The van der Waals surface area contributed by atoms with Crippen molar-refractivity contribution < 1.29 is 4.74 Å². The summed E-state index contributed by atoms with van der Waals surface area (Å²) in [4.78, 5) is 8.84. The fourth-order valence-electron chi connectivity index (χ4n) is 2.31. The van der Waals surface area contributed by atoms with Crippen LogP contribution < -0.4 is 10.1 Å². The van der Waals surface area contributed by atoms with Crippen LogP contribution in [0.5, 0.6) is 5.75 Å². The Morgan fingerprint density at radius 3 is 2.76 bits per heavy atom. The van der Waals surface area contributed by atoms with Crippen LogP contribution in [0.25, 0.3) is 0 Å². The summed E-state index contributed by atoms with van der Waals surface area (Å²) in [5, 5.41) is 3.48. The van der Waals surface area contributed by atoms with Gasteiger partial charge in [0.2, 0.25) is 0 Å². The second kappa shape index (κ2) is 7.18. The van der Waals surface area contributed by atoms with Gasteiger partial charge in [-0.2, -0.15) is 0 Å². The Labute approximate surface area is 126 Å². The molecule has 4 nitrogen and oxygen atoms in total. The van der Waals surface area contributed by atoms with Crippen LogP contribution in [0, 0.1) is 6.92 Å². The minimum atomic E-state index is 0.0272. The van der Waals surface area contributed by atoms with E-state index in [0.717, 1.165) is 23.6 Å². The first-order valence-corrected chi connectivity index (χ1v) is 7.38. The Morgan fingerprint density at radius 2 is 2.10 bits per heavy atom. The number of pyridine rings is 2. The highest BCUT2D eigenvalue weighted by Crippen LogP contribution is 2.25. The minimum absolute atomic E-state index is 0.0272. The fraction of sp³-hybridized carbons (Fsp3) is 0.412. The molecule has 2 heterocycles. The summed E-state index contributed by atoms with van der Waals surface area (Å²) >= 11 is 0. The van der Waals surface area contributed by atoms with E-state index >= 15 is 0 Å². The standard InChI is InChI=1S/C17H23N3O/c1-5-19-17(16-13(4)7-6-8-20-16)14-9-15(11-18-10-14)21-12(2)3/h6-12,17,19H,5H2,1-4H3. The molecule has 112 valence electrons. The van der Waals surface area contributed by atoms with Gasteiger partial charge in [-0.15, -0.1) is 0 Å². The molecule has 2 aromatic rings. The molecule has 2 aromatic heterocycles. The number of hydrogen-bond acceptors (Lipinski definition) is 4. The summed E-state index contributed by atoms with van der Waals surface area (Å²) in [6.07, 6.45) is 5.58. The Bertz CT molecular complexity index is 584. The average molecular weight is 285 g/mol. The molecular formula is C17H23N3O. The van der Waals surface area contributed by atoms with Gasteiger partial charge in [-0.05, 0) is 50.6 Å². The predicted octanol–water partition coefficient (Wildman–Crippen LogP) is 3.27. The maximum Gasteiger partial charge on any atom is 0.138 e. The van der Waals surface area contributed by atoms with E-state index in [1.807, 2.05) is 38.4 Å². The van der Waals surface area contributed by atoms with E-state index in [1.165, 1.54) is 5.56 Å². The summed E-state index contributed by atoms with van der Waals surface area (Å²) in [6.45, 7) is 9.05. The average Bonchev–Trinajstić information content (AvgIpc) is 2.45. The van der Waals surface area contributed by atoms with Crippen molar-refractivity contribution in [2.75, 3.05) is 6.54 Å². The second-order valence-electron chi connectivity index (χ2n) is 5.32. The van der Waals surface area contributed by atoms with Crippen molar-refractivity contribution in [1.82, 2.24) is 15.3 Å². The van der Waals surface area contributed by atoms with Gasteiger partial charge in [0.15, 0.2) is 0 Å². The molecule has 0 saturated carbocycles. The third-order valence-corrected chi connectivity index (χ3v) is 3.17. The van der Waals surface area contributed by atoms with Gasteiger partial charge in [0.1, 0.15) is 5.75 Å². The first kappa shape index (κ1) is 15.4. The molecule has 2 rings (SSSR count). The van der Waals surface area contributed by atoms with Gasteiger partial charge >= 0.3 is 0 Å². The van der Waals surface area contributed by atoms with Crippen LogP contribution in [-0.2, 0) is 0 Å². The summed E-state index contributed by atoms with van der Waals surface area (Å²) < 4.78 is 5.74. The molecule has 0 spiro atoms. The molecule has 1 N–H and O–H groups in total. The zero-order valence-corrected chi connectivity index (χ0v) is 13.1. The molecule has 1 atom stereocenters. The lowest BCUT2D eigenvalue weighted by atomic mass is 10.0. The predicted molar refractivity (Wildman–Crippen MR) is 84.5 cm³/mol. The first-order chi connectivity index (χ1) is 10.1. The lowest BCUT2D eigenvalue weighted by molar-refractivity contribution is 0.241. The molecule has 0 aliphatic rings. The van der Waals surface area contributed by atoms with Crippen LogP contribution in [0.2, 0.25) is 0 Å². The highest BCUT2D eigenvalue weighted by molar-refractivity contribution is 5.34. The van der Waals surface area contributed by atoms with E-state index in [-0.39, 0.29) is 12.1 Å². The van der Waals surface area contributed by atoms with E-state index in [1.54, 1.807) is 6.20 Å². The number of nitrogens with one attached hydrogen (secondary N) is 1. The molecule has 0 aliphatic heterocycles. The lowest BCUT2D eigenvalue weighted by Gasteiger charge is -2.20. The molecule has 0 fully saturated rings. The van der Waals surface area contributed by atoms with E-state index in [4.69, 9.17) is 4.74 Å². The Kier molecular flexibility index (Phi) is 5.28. The van der Waals surface area contributed by atoms with Gasteiger partial charge in [-0.1, -0.05) is 13.0 Å². The minimum Gasteiger partial charge on any atom is -0.489 e. The first-order valence-electron chi connectivity index (χ1n) is 7.38. The van der Waals surface area contributed by atoms with Gasteiger partial charge < -0.3 is 10.1 Å². The van der Waals surface area contributed by atoms with Gasteiger partial charge in [0.05, 0.1) is 24.0 Å². The molecule has 1 unspecified atom stereocenters. The summed E-state index contributed by atoms with van der Waals surface area (Å²) in [5.74, 6) is 0.791. The Morgan fingerprint density at radius 1 is 1.29 bits per heavy atom. The van der Waals surface area contributed by atoms with Crippen molar-refractivity contribution in [3.63, 3.8) is 0 Å². The Balaban J connectivity index is 2.36. The molecule has 0 amide bonds. The Hall–Kier alpha value is -1.94. The fourth-order valence-corrected chi connectivity index (χ4v) is 2.31. The van der Waals surface area contributed by atoms with Crippen LogP contribution in [-0.4, -0.2) is 22.6 Å². The highest BCUT2D eigenvalue weighted by Gasteiger charge is 2.17. The number of aromatic nitrogens is 2. The second-order valence-corrected chi connectivity index (χ2v) is 5.32. The maximum atomic E-state index is 5.74. The maximum absolute atomic E-state index is 5.74. The van der Waals surface area contributed by atoms with Gasteiger partial charge in [0.25, 0.3) is 0 Å². The van der Waals surface area contributed by atoms with Crippen LogP contribution in [0.4, 0.5) is 0 Å². The molecule has 0 radical (unpaired) electrons. The molecule has 0 saturated heterocycles. The van der Waals surface area contributed by atoms with Gasteiger partial charge in [-0.25, -0.2) is 0 Å². The van der Waals surface area contributed by atoms with Crippen molar-refractivity contribution in [1.29, 1.82) is 0 Å². The van der Waals surface area contributed by atoms with E-state index in [9.17, 15) is 0 Å². The van der Waals surface area contributed by atoms with E-state index < -0.39 is 0 Å². The van der Waals surface area contributed by atoms with E-state index in [2.05, 4.69) is 35.2 Å². The zero-order valence-electron chi connectivity index (χ0n) is 13.1. The van der Waals surface area contributed by atoms with Crippen LogP contribution in [0.1, 0.15) is 43.6 Å². The smallest absolute Gasteiger partial charge is 0.138 e. The number of ether oxygens (including phenoxy) is 1. The molecule has 0 bridgehead atoms. The molecule has 0 aromatic carbocycles. The third kappa shape index (κ3) is 4.02. The number of nitrogens with zero attached hydrogens (tertiary/aromatic N) is 2. The summed E-state index contributed by atoms with van der Waals surface area (Å²) in [7, 11) is 0. The summed E-state index contributed by atoms with van der Waals surface area (Å²) in [5.41, 5.74) is 3.26. The number of rotatable bonds is 6. The number of hydrogen-bond donors (Lipinski definition) is 1. The highest BCUT2D eigenvalue weighted by atomic mass is 16.5. The molecule has 0 aliphatic carbocycles. The topological polar surface area (TPSA) is 47.0 Å². The zero-order chi connectivity index (χ0) is 15.2. The largest absolute Gasteiger partial charge is 0.489 e. The van der Waals surface area contributed by atoms with Gasteiger partial charge in [-0.3, -0.25) is 9.97 Å². The molecular weight excluding hydrogens is 262 g/mol. The van der Waals surface area contributed by atoms with Crippen LogP contribution in [0.3, 0.4) is 0 Å².